The van der Waals surface area contributed by atoms with Crippen LogP contribution in [0.5, 0.6) is 0 Å². The fourth-order valence-corrected chi connectivity index (χ4v) is 2.45. The molecule has 4 heteroatoms. The Kier molecular flexibility index (Phi) is 7.02. The van der Waals surface area contributed by atoms with Gasteiger partial charge in [0, 0.05) is 19.4 Å². The standard InChI is InChI=1S/C13H14NOS.CH4.BrH/c1-10-9-16-11(2)14(10)8-13(15)12-6-4-3-5-7-12;;/h3-7,9H,8H2,1-2H3;1H4;1H/q+1;;/p-1. The van der Waals surface area contributed by atoms with Crippen molar-refractivity contribution < 1.29 is 26.3 Å². The van der Waals surface area contributed by atoms with Gasteiger partial charge in [-0.3, -0.25) is 4.79 Å². The van der Waals surface area contributed by atoms with E-state index >= 15 is 0 Å². The summed E-state index contributed by atoms with van der Waals surface area (Å²) >= 11 is 1.68. The molecular weight excluding hydrogens is 310 g/mol. The molecule has 0 spiro atoms. The minimum Gasteiger partial charge on any atom is -1.00 e. The Bertz CT molecular complexity index is 488. The van der Waals surface area contributed by atoms with Gasteiger partial charge in [-0.25, -0.2) is 0 Å². The average molecular weight is 328 g/mol. The Hall–Kier alpha value is -1.000. The Morgan fingerprint density at radius 3 is 2.33 bits per heavy atom. The second kappa shape index (κ2) is 7.44. The van der Waals surface area contributed by atoms with Crippen molar-refractivity contribution in [2.24, 2.45) is 0 Å². The van der Waals surface area contributed by atoms with Gasteiger partial charge in [0.1, 0.15) is 0 Å². The summed E-state index contributed by atoms with van der Waals surface area (Å²) in [6.07, 6.45) is 0. The van der Waals surface area contributed by atoms with E-state index in [1.807, 2.05) is 44.2 Å². The van der Waals surface area contributed by atoms with Gasteiger partial charge in [-0.05, 0) is 0 Å². The van der Waals surface area contributed by atoms with Crippen molar-refractivity contribution in [3.63, 3.8) is 0 Å². The maximum Gasteiger partial charge on any atom is 0.234 e. The number of thiazole rings is 1. The van der Waals surface area contributed by atoms with Crippen LogP contribution in [-0.4, -0.2) is 5.78 Å². The van der Waals surface area contributed by atoms with E-state index in [0.717, 1.165) is 11.3 Å². The fraction of sp³-hybridized carbons (Fsp3) is 0.286. The van der Waals surface area contributed by atoms with Gasteiger partial charge in [0.05, 0.1) is 5.38 Å². The number of hydrogen-bond acceptors (Lipinski definition) is 2. The summed E-state index contributed by atoms with van der Waals surface area (Å²) in [6.45, 7) is 4.50. The number of rotatable bonds is 3. The van der Waals surface area contributed by atoms with E-state index in [2.05, 4.69) is 9.95 Å². The maximum atomic E-state index is 12.0. The highest BCUT2D eigenvalue weighted by Gasteiger charge is 2.18. The zero-order valence-corrected chi connectivity index (χ0v) is 12.2. The van der Waals surface area contributed by atoms with Crippen molar-refractivity contribution in [1.82, 2.24) is 0 Å². The number of nitrogens with zero attached hydrogens (tertiary/aromatic N) is 1. The molecule has 0 N–H and O–H groups in total. The van der Waals surface area contributed by atoms with E-state index in [1.165, 1.54) is 5.01 Å². The molecular formula is C14H18BrNOS. The first-order chi connectivity index (χ1) is 7.68. The molecule has 1 heterocycles. The molecule has 0 fully saturated rings. The van der Waals surface area contributed by atoms with Gasteiger partial charge in [-0.2, -0.15) is 4.57 Å². The van der Waals surface area contributed by atoms with Crippen molar-refractivity contribution in [2.75, 3.05) is 0 Å². The van der Waals surface area contributed by atoms with Crippen molar-refractivity contribution >= 4 is 17.1 Å². The van der Waals surface area contributed by atoms with Gasteiger partial charge in [-0.15, -0.1) is 0 Å². The molecule has 0 atom stereocenters. The molecule has 0 aliphatic rings. The Labute approximate surface area is 123 Å². The molecule has 18 heavy (non-hydrogen) atoms. The number of aryl methyl sites for hydroxylation is 2. The first kappa shape index (κ1) is 17.0. The van der Waals surface area contributed by atoms with Crippen LogP contribution in [0.1, 0.15) is 28.5 Å². The topological polar surface area (TPSA) is 20.9 Å². The molecule has 0 amide bonds. The second-order valence-electron chi connectivity index (χ2n) is 3.77. The number of benzene rings is 1. The zero-order chi connectivity index (χ0) is 11.5. The Balaban J connectivity index is 0.00000144. The summed E-state index contributed by atoms with van der Waals surface area (Å²) in [5.74, 6) is 0.162. The highest BCUT2D eigenvalue weighted by molar-refractivity contribution is 7.09. The van der Waals surface area contributed by atoms with Crippen LogP contribution in [0.15, 0.2) is 35.7 Å². The number of hydrogen-bond donors (Lipinski definition) is 0. The normalized spacial score (nSPS) is 9.22. The third-order valence-electron chi connectivity index (χ3n) is 2.60. The van der Waals surface area contributed by atoms with Crippen LogP contribution in [0.3, 0.4) is 0 Å². The fourth-order valence-electron chi connectivity index (χ4n) is 1.64. The summed E-state index contributed by atoms with van der Waals surface area (Å²) in [5, 5.41) is 3.25. The quantitative estimate of drug-likeness (QED) is 0.582. The third-order valence-corrected chi connectivity index (χ3v) is 3.62. The lowest BCUT2D eigenvalue weighted by Gasteiger charge is -1.98. The Morgan fingerprint density at radius 2 is 1.83 bits per heavy atom. The molecule has 2 nitrogen and oxygen atoms in total. The molecule has 1 aromatic heterocycles. The number of ketones is 1. The molecule has 0 aliphatic heterocycles. The van der Waals surface area contributed by atoms with Crippen molar-refractivity contribution in [1.29, 1.82) is 0 Å². The Morgan fingerprint density at radius 1 is 1.22 bits per heavy atom. The number of aromatic nitrogens is 1. The first-order valence-corrected chi connectivity index (χ1v) is 6.09. The van der Waals surface area contributed by atoms with Gasteiger partial charge < -0.3 is 17.0 Å². The molecule has 1 aromatic carbocycles. The predicted molar refractivity (Wildman–Crippen MR) is 71.5 cm³/mol. The monoisotopic (exact) mass is 327 g/mol. The van der Waals surface area contributed by atoms with Crippen LogP contribution < -0.4 is 21.5 Å². The van der Waals surface area contributed by atoms with Gasteiger partial charge in [0.2, 0.25) is 17.3 Å². The molecule has 0 aliphatic carbocycles. The van der Waals surface area contributed by atoms with E-state index in [-0.39, 0.29) is 30.2 Å². The van der Waals surface area contributed by atoms with E-state index in [0.29, 0.717) is 6.54 Å². The van der Waals surface area contributed by atoms with Gasteiger partial charge in [0.15, 0.2) is 5.69 Å². The summed E-state index contributed by atoms with van der Waals surface area (Å²) in [6, 6.07) is 9.43. The molecule has 0 bridgehead atoms. The maximum absolute atomic E-state index is 12.0. The summed E-state index contributed by atoms with van der Waals surface area (Å²) in [4.78, 5) is 12.0. The van der Waals surface area contributed by atoms with Gasteiger partial charge in [-0.1, -0.05) is 49.1 Å². The lowest BCUT2D eigenvalue weighted by atomic mass is 10.1. The number of carbonyl (C=O) groups excluding carboxylic acids is 1. The molecule has 0 unspecified atom stereocenters. The summed E-state index contributed by atoms with van der Waals surface area (Å²) in [7, 11) is 0. The highest BCUT2D eigenvalue weighted by Crippen LogP contribution is 2.06. The number of halogens is 1. The number of Topliss-reactive ketones (excluding diaryl/α,β-unsaturated/α-hetero) is 1. The summed E-state index contributed by atoms with van der Waals surface area (Å²) in [5.41, 5.74) is 1.92. The second-order valence-corrected chi connectivity index (χ2v) is 4.83. The minimum atomic E-state index is 0. The van der Waals surface area contributed by atoms with E-state index in [1.54, 1.807) is 11.3 Å². The van der Waals surface area contributed by atoms with E-state index in [4.69, 9.17) is 0 Å². The predicted octanol–water partition coefficient (Wildman–Crippen LogP) is 0.175. The SMILES string of the molecule is C.Cc1csc(C)[n+]1CC(=O)c1ccccc1.[Br-]. The van der Waals surface area contributed by atoms with Crippen LogP contribution in [-0.2, 0) is 6.54 Å². The van der Waals surface area contributed by atoms with Crippen LogP contribution in [0.2, 0.25) is 0 Å². The van der Waals surface area contributed by atoms with Crippen LogP contribution in [0.25, 0.3) is 0 Å². The van der Waals surface area contributed by atoms with Crippen LogP contribution >= 0.6 is 11.3 Å². The number of carbonyl (C=O) groups is 1. The first-order valence-electron chi connectivity index (χ1n) is 5.21. The molecule has 2 aromatic rings. The van der Waals surface area contributed by atoms with Crippen LogP contribution in [0, 0.1) is 13.8 Å². The lowest BCUT2D eigenvalue weighted by molar-refractivity contribution is -0.689. The molecule has 2 rings (SSSR count). The van der Waals surface area contributed by atoms with Crippen molar-refractivity contribution in [2.45, 2.75) is 27.8 Å². The van der Waals surface area contributed by atoms with Crippen molar-refractivity contribution in [3.05, 3.63) is 52.0 Å². The van der Waals surface area contributed by atoms with Crippen molar-refractivity contribution in [3.8, 4) is 0 Å². The lowest BCUT2D eigenvalue weighted by Crippen LogP contribution is -3.00. The molecule has 0 saturated heterocycles. The molecule has 98 valence electrons. The highest BCUT2D eigenvalue weighted by atomic mass is 79.9. The minimum absolute atomic E-state index is 0. The van der Waals surface area contributed by atoms with E-state index in [9.17, 15) is 4.79 Å². The van der Waals surface area contributed by atoms with Crippen LogP contribution in [0.4, 0.5) is 0 Å². The van der Waals surface area contributed by atoms with Gasteiger partial charge >= 0.3 is 0 Å². The largest absolute Gasteiger partial charge is 1.00 e. The third kappa shape index (κ3) is 3.75. The van der Waals surface area contributed by atoms with Gasteiger partial charge in [0.25, 0.3) is 0 Å². The molecule has 0 radical (unpaired) electrons. The summed E-state index contributed by atoms with van der Waals surface area (Å²) < 4.78 is 2.06. The smallest absolute Gasteiger partial charge is 0.234 e. The zero-order valence-electron chi connectivity index (χ0n) is 9.81. The average Bonchev–Trinajstić information content (AvgIpc) is 2.62. The van der Waals surface area contributed by atoms with E-state index < -0.39 is 0 Å². The molecule has 0 saturated carbocycles.